The van der Waals surface area contributed by atoms with Gasteiger partial charge in [0.15, 0.2) is 0 Å². The summed E-state index contributed by atoms with van der Waals surface area (Å²) < 4.78 is 0. The highest BCUT2D eigenvalue weighted by Crippen LogP contribution is 2.67. The molecular formula is C49H80N6O3. The van der Waals surface area contributed by atoms with Crippen LogP contribution >= 0.6 is 0 Å². The Balaban J connectivity index is 0.000000179. The standard InChI is InChI=1S/2C16H24N2.C14H24O.C2H4O2.CH4N2/c1-10-15(2,3)12-6-11-8-17-9-18-14(11)7-13(12)16(10,4)5;1-10-15(2,3)12-6-7-13-11(8-17-9-18-13)14(12)16(10,4)5;1-9-13(2,3)11-7-6-10(15)8-12(11)14(9,4)5;1-2(3)4;2-1-3/h8-10,12-13H,6-7H2,1-5H3;8-10,12,14H,6-7H2,1-5H3;9,11-12H,6-8H2,1-5H3;1H3,(H,3,4);1H,(H3,2,3). The van der Waals surface area contributed by atoms with Crippen LogP contribution in [0.1, 0.15) is 165 Å². The van der Waals surface area contributed by atoms with Crippen LogP contribution in [0, 0.1) is 85.2 Å². The maximum Gasteiger partial charge on any atom is 0.300 e. The van der Waals surface area contributed by atoms with E-state index in [1.807, 2.05) is 6.20 Å². The van der Waals surface area contributed by atoms with Crippen molar-refractivity contribution in [1.82, 2.24) is 19.9 Å². The van der Waals surface area contributed by atoms with Crippen molar-refractivity contribution in [1.29, 1.82) is 5.41 Å². The van der Waals surface area contributed by atoms with Gasteiger partial charge in [0.25, 0.3) is 5.97 Å². The Bertz CT molecular complexity index is 1720. The van der Waals surface area contributed by atoms with E-state index in [0.717, 1.165) is 80.9 Å². The number of fused-ring (bicyclic) bond motifs is 6. The van der Waals surface area contributed by atoms with Crippen LogP contribution in [0.3, 0.4) is 0 Å². The molecule has 2 aromatic rings. The van der Waals surface area contributed by atoms with Gasteiger partial charge in [-0.2, -0.15) is 0 Å². The smallest absolute Gasteiger partial charge is 0.300 e. The van der Waals surface area contributed by atoms with E-state index in [4.69, 9.17) is 15.3 Å². The van der Waals surface area contributed by atoms with Crippen LogP contribution in [0.4, 0.5) is 0 Å². The Morgan fingerprint density at radius 3 is 1.59 bits per heavy atom. The van der Waals surface area contributed by atoms with Crippen LogP contribution in [0.5, 0.6) is 0 Å². The first-order valence-electron chi connectivity index (χ1n) is 22.1. The molecule has 6 aliphatic carbocycles. The zero-order chi connectivity index (χ0) is 44.0. The summed E-state index contributed by atoms with van der Waals surface area (Å²) in [4.78, 5) is 38.1. The maximum atomic E-state index is 11.6. The predicted octanol–water partition coefficient (Wildman–Crippen LogP) is 10.7. The fourth-order valence-electron chi connectivity index (χ4n) is 13.7. The van der Waals surface area contributed by atoms with E-state index in [0.29, 0.717) is 56.0 Å². The first kappa shape index (κ1) is 47.4. The Kier molecular flexibility index (Phi) is 13.9. The van der Waals surface area contributed by atoms with Crippen LogP contribution in [0.25, 0.3) is 0 Å². The van der Waals surface area contributed by atoms with Gasteiger partial charge in [-0.05, 0) is 129 Å². The average Bonchev–Trinajstić information content (AvgIpc) is 3.45. The molecule has 8 rings (SSSR count). The van der Waals surface area contributed by atoms with E-state index in [1.54, 1.807) is 12.7 Å². The number of Topliss-reactive ketones (excluding diaryl/α,β-unsaturated/α-hetero) is 1. The zero-order valence-corrected chi connectivity index (χ0v) is 39.2. The highest BCUT2D eigenvalue weighted by Gasteiger charge is 2.61. The summed E-state index contributed by atoms with van der Waals surface area (Å²) in [6.07, 6.45) is 15.8. The minimum absolute atomic E-state index is 0.338. The predicted molar refractivity (Wildman–Crippen MR) is 235 cm³/mol. The number of aliphatic carboxylic acids is 1. The van der Waals surface area contributed by atoms with Crippen molar-refractivity contribution in [2.75, 3.05) is 0 Å². The number of nitrogens with zero attached hydrogens (tertiary/aromatic N) is 4. The molecule has 0 aromatic carbocycles. The van der Waals surface area contributed by atoms with Gasteiger partial charge in [0.05, 0.1) is 6.34 Å². The van der Waals surface area contributed by atoms with Crippen LogP contribution in [-0.2, 0) is 28.9 Å². The molecule has 9 atom stereocenters. The molecule has 0 bridgehead atoms. The lowest BCUT2D eigenvalue weighted by Gasteiger charge is -2.37. The van der Waals surface area contributed by atoms with Crippen molar-refractivity contribution in [3.63, 3.8) is 0 Å². The highest BCUT2D eigenvalue weighted by atomic mass is 16.4. The molecule has 0 amide bonds. The van der Waals surface area contributed by atoms with Crippen molar-refractivity contribution in [3.05, 3.63) is 47.6 Å². The topological polar surface area (TPSA) is 156 Å². The number of nitrogens with one attached hydrogen (secondary N) is 1. The molecule has 9 unspecified atom stereocenters. The van der Waals surface area contributed by atoms with Gasteiger partial charge in [0.2, 0.25) is 0 Å². The van der Waals surface area contributed by atoms with Crippen molar-refractivity contribution in [2.45, 2.75) is 162 Å². The van der Waals surface area contributed by atoms with Gasteiger partial charge >= 0.3 is 0 Å². The van der Waals surface area contributed by atoms with E-state index >= 15 is 0 Å². The minimum Gasteiger partial charge on any atom is -0.481 e. The third-order valence-electron chi connectivity index (χ3n) is 18.4. The van der Waals surface area contributed by atoms with Gasteiger partial charge in [-0.25, -0.2) is 19.9 Å². The van der Waals surface area contributed by atoms with Crippen molar-refractivity contribution in [2.24, 2.45) is 85.6 Å². The van der Waals surface area contributed by atoms with E-state index in [9.17, 15) is 4.79 Å². The number of carboxylic acid groups (broad SMARTS) is 1. The molecule has 2 aromatic heterocycles. The number of hydrogen-bond acceptors (Lipinski definition) is 7. The summed E-state index contributed by atoms with van der Waals surface area (Å²) in [6.45, 7) is 37.5. The highest BCUT2D eigenvalue weighted by molar-refractivity contribution is 5.79. The van der Waals surface area contributed by atoms with Crippen molar-refractivity contribution < 1.29 is 14.7 Å². The zero-order valence-electron chi connectivity index (χ0n) is 39.2. The van der Waals surface area contributed by atoms with Gasteiger partial charge in [-0.1, -0.05) is 104 Å². The molecule has 9 heteroatoms. The van der Waals surface area contributed by atoms with E-state index in [-0.39, 0.29) is 0 Å². The van der Waals surface area contributed by atoms with Crippen LogP contribution in [0.15, 0.2) is 25.0 Å². The third kappa shape index (κ3) is 8.53. The minimum atomic E-state index is -0.833. The van der Waals surface area contributed by atoms with E-state index in [2.05, 4.69) is 136 Å². The molecule has 6 aliphatic rings. The van der Waals surface area contributed by atoms with Gasteiger partial charge in [-0.3, -0.25) is 15.0 Å². The van der Waals surface area contributed by atoms with Crippen LogP contribution in [0.2, 0.25) is 0 Å². The van der Waals surface area contributed by atoms with Gasteiger partial charge in [-0.15, -0.1) is 0 Å². The van der Waals surface area contributed by atoms with Crippen molar-refractivity contribution >= 4 is 18.1 Å². The second kappa shape index (κ2) is 17.0. The summed E-state index contributed by atoms with van der Waals surface area (Å²) in [5.41, 5.74) is 12.1. The second-order valence-electron chi connectivity index (χ2n) is 22.4. The lowest BCUT2D eigenvalue weighted by Crippen LogP contribution is -2.33. The molecule has 4 fully saturated rings. The molecule has 2 heterocycles. The first-order valence-corrected chi connectivity index (χ1v) is 22.1. The molecule has 4 N–H and O–H groups in total. The van der Waals surface area contributed by atoms with E-state index in [1.165, 1.54) is 35.4 Å². The molecule has 324 valence electrons. The molecule has 0 spiro atoms. The summed E-state index contributed by atoms with van der Waals surface area (Å²) >= 11 is 0. The number of carbonyl (C=O) groups excluding carboxylic acids is 1. The molecule has 4 saturated carbocycles. The number of aromatic nitrogens is 4. The number of carboxylic acids is 1. The largest absolute Gasteiger partial charge is 0.481 e. The molecule has 58 heavy (non-hydrogen) atoms. The van der Waals surface area contributed by atoms with Crippen LogP contribution < -0.4 is 5.73 Å². The SMILES string of the molecule is CC(=O)O.CC1C(C)(C)C2CCC(=O)CC2C1(C)C.CC1C(C)(C)C2CCc3ncncc3C2C1(C)C.CC1C(C)(C)C2Cc3cncnc3CC2C1(C)C.N=CN. The maximum absolute atomic E-state index is 11.6. The van der Waals surface area contributed by atoms with Gasteiger partial charge in [0, 0.05) is 43.5 Å². The quantitative estimate of drug-likeness (QED) is 0.176. The number of nitrogens with two attached hydrogens (primary N) is 1. The van der Waals surface area contributed by atoms with Gasteiger partial charge < -0.3 is 10.8 Å². The monoisotopic (exact) mass is 801 g/mol. The summed E-state index contributed by atoms with van der Waals surface area (Å²) in [7, 11) is 0. The number of ketones is 1. The summed E-state index contributed by atoms with van der Waals surface area (Å²) in [5, 5.41) is 13.3. The van der Waals surface area contributed by atoms with Crippen LogP contribution in [-0.4, -0.2) is 43.1 Å². The summed E-state index contributed by atoms with van der Waals surface area (Å²) in [5.74, 6) is 6.21. The van der Waals surface area contributed by atoms with Crippen molar-refractivity contribution in [3.8, 4) is 0 Å². The number of rotatable bonds is 0. The Labute approximate surface area is 351 Å². The van der Waals surface area contributed by atoms with Gasteiger partial charge in [0.1, 0.15) is 18.4 Å². The Morgan fingerprint density at radius 1 is 0.655 bits per heavy atom. The normalized spacial score (nSPS) is 34.0. The Hall–Kier alpha value is -3.23. The first-order chi connectivity index (χ1) is 26.6. The molecule has 9 nitrogen and oxygen atoms in total. The number of hydrogen-bond donors (Lipinski definition) is 3. The lowest BCUT2D eigenvalue weighted by atomic mass is 9.68. The lowest BCUT2D eigenvalue weighted by molar-refractivity contribution is -0.134. The molecule has 0 radical (unpaired) electrons. The second-order valence-corrected chi connectivity index (χ2v) is 22.4. The number of carbonyl (C=O) groups is 2. The number of aryl methyl sites for hydroxylation is 1. The average molecular weight is 801 g/mol. The Morgan fingerprint density at radius 2 is 1.05 bits per heavy atom. The molecule has 0 aliphatic heterocycles. The van der Waals surface area contributed by atoms with E-state index < -0.39 is 5.97 Å². The molecular weight excluding hydrogens is 721 g/mol. The summed E-state index contributed by atoms with van der Waals surface area (Å²) in [6, 6.07) is 0. The third-order valence-corrected chi connectivity index (χ3v) is 18.4. The fourth-order valence-corrected chi connectivity index (χ4v) is 13.7. The molecule has 0 saturated heterocycles. The fraction of sp³-hybridized carbons (Fsp3) is 0.776.